The van der Waals surface area contributed by atoms with Crippen molar-refractivity contribution < 1.29 is 9.53 Å². The topological polar surface area (TPSA) is 89.0 Å². The number of aromatic amines is 1. The Morgan fingerprint density at radius 3 is 2.90 bits per heavy atom. The Labute approximate surface area is 127 Å². The smallest absolute Gasteiger partial charge is 0.344 e. The van der Waals surface area contributed by atoms with Crippen LogP contribution in [0.15, 0.2) is 9.95 Å². The molecule has 2 N–H and O–H groups in total. The van der Waals surface area contributed by atoms with E-state index in [9.17, 15) is 9.59 Å². The molecule has 1 saturated carbocycles. The van der Waals surface area contributed by atoms with Crippen molar-refractivity contribution in [3.05, 3.63) is 10.5 Å². The largest absolute Gasteiger partial charge is 0.468 e. The third kappa shape index (κ3) is 3.68. The lowest BCUT2D eigenvalue weighted by Crippen LogP contribution is -2.50. The van der Waals surface area contributed by atoms with Crippen LogP contribution in [-0.2, 0) is 9.53 Å². The summed E-state index contributed by atoms with van der Waals surface area (Å²) in [6.07, 6.45) is 2.67. The van der Waals surface area contributed by atoms with Crippen molar-refractivity contribution in [2.24, 2.45) is 0 Å². The monoisotopic (exact) mass is 314 g/mol. The Hall–Kier alpha value is -1.28. The summed E-state index contributed by atoms with van der Waals surface area (Å²) < 4.78 is 6.57. The van der Waals surface area contributed by atoms with E-state index < -0.39 is 5.54 Å². The lowest BCUT2D eigenvalue weighted by molar-refractivity contribution is -0.147. The summed E-state index contributed by atoms with van der Waals surface area (Å²) in [5.74, 6) is 0.405. The number of thioether (sulfide) groups is 1. The number of ether oxygens (including phenoxy) is 1. The molecule has 1 aromatic rings. The Bertz CT molecular complexity index is 552. The fraction of sp³-hybridized carbons (Fsp3) is 0.769. The first-order valence-corrected chi connectivity index (χ1v) is 8.13. The number of H-pyrrole nitrogens is 1. The van der Waals surface area contributed by atoms with Gasteiger partial charge < -0.3 is 10.1 Å². The van der Waals surface area contributed by atoms with Gasteiger partial charge >= 0.3 is 11.7 Å². The number of likely N-dealkylation sites (N-methyl/N-ethyl adjacent to an activating group) is 1. The van der Waals surface area contributed by atoms with E-state index >= 15 is 0 Å². The van der Waals surface area contributed by atoms with Gasteiger partial charge in [0.25, 0.3) is 0 Å². The van der Waals surface area contributed by atoms with Crippen LogP contribution < -0.4 is 11.0 Å². The van der Waals surface area contributed by atoms with E-state index in [2.05, 4.69) is 15.5 Å². The summed E-state index contributed by atoms with van der Waals surface area (Å²) in [5.41, 5.74) is -0.861. The molecule has 7 nitrogen and oxygen atoms in total. The van der Waals surface area contributed by atoms with Gasteiger partial charge in [-0.1, -0.05) is 18.7 Å². The number of nitrogens with zero attached hydrogens (tertiary/aromatic N) is 2. The van der Waals surface area contributed by atoms with Gasteiger partial charge in [0.05, 0.1) is 7.11 Å². The molecule has 0 spiro atoms. The quantitative estimate of drug-likeness (QED) is 0.548. The molecule has 0 saturated heterocycles. The molecule has 1 aliphatic carbocycles. The standard InChI is InChI=1S/C13H22N4O3S/c1-4-14-13(2,10(18)20-3)7-8-21-12-16-15-11(19)17(12)9-5-6-9/h9,14H,4-8H2,1-3H3,(H,15,19). The van der Waals surface area contributed by atoms with Gasteiger partial charge in [0, 0.05) is 11.8 Å². The maximum absolute atomic E-state index is 11.9. The molecule has 1 heterocycles. The lowest BCUT2D eigenvalue weighted by atomic mass is 9.99. The van der Waals surface area contributed by atoms with Crippen molar-refractivity contribution in [2.75, 3.05) is 19.4 Å². The van der Waals surface area contributed by atoms with Crippen LogP contribution in [-0.4, -0.2) is 45.7 Å². The number of aromatic nitrogens is 3. The Balaban J connectivity index is 1.96. The number of hydrogen-bond acceptors (Lipinski definition) is 6. The molecule has 1 unspecified atom stereocenters. The van der Waals surface area contributed by atoms with E-state index in [0.717, 1.165) is 12.8 Å². The van der Waals surface area contributed by atoms with Crippen LogP contribution >= 0.6 is 11.8 Å². The molecule has 0 radical (unpaired) electrons. The van der Waals surface area contributed by atoms with Gasteiger partial charge in [-0.15, -0.1) is 5.10 Å². The number of rotatable bonds is 8. The molecule has 2 rings (SSSR count). The first-order chi connectivity index (χ1) is 10.0. The normalized spacial score (nSPS) is 17.5. The molecule has 0 aromatic carbocycles. The highest BCUT2D eigenvalue weighted by Gasteiger charge is 2.33. The van der Waals surface area contributed by atoms with Gasteiger partial charge in [-0.05, 0) is 32.7 Å². The van der Waals surface area contributed by atoms with Crippen LogP contribution in [0.3, 0.4) is 0 Å². The molecule has 0 bridgehead atoms. The summed E-state index contributed by atoms with van der Waals surface area (Å²) in [7, 11) is 1.39. The van der Waals surface area contributed by atoms with Gasteiger partial charge in [-0.25, -0.2) is 9.89 Å². The second-order valence-corrected chi connectivity index (χ2v) is 6.43. The number of hydrogen-bond donors (Lipinski definition) is 2. The number of carbonyl (C=O) groups is 1. The fourth-order valence-corrected chi connectivity index (χ4v) is 3.45. The number of methoxy groups -OCH3 is 1. The average Bonchev–Trinajstić information content (AvgIpc) is 3.22. The molecule has 0 amide bonds. The summed E-state index contributed by atoms with van der Waals surface area (Å²) in [4.78, 5) is 23.6. The minimum atomic E-state index is -0.711. The summed E-state index contributed by atoms with van der Waals surface area (Å²) >= 11 is 1.49. The highest BCUT2D eigenvalue weighted by atomic mass is 32.2. The third-order valence-corrected chi connectivity index (χ3v) is 4.57. The molecule has 0 aliphatic heterocycles. The van der Waals surface area contributed by atoms with Crippen molar-refractivity contribution in [1.29, 1.82) is 0 Å². The van der Waals surface area contributed by atoms with Gasteiger partial charge in [0.2, 0.25) is 0 Å². The van der Waals surface area contributed by atoms with Crippen molar-refractivity contribution >= 4 is 17.7 Å². The van der Waals surface area contributed by atoms with Crippen LogP contribution in [0.4, 0.5) is 0 Å². The first kappa shape index (κ1) is 16.1. The van der Waals surface area contributed by atoms with Crippen molar-refractivity contribution in [3.8, 4) is 0 Å². The van der Waals surface area contributed by atoms with E-state index in [1.54, 1.807) is 4.57 Å². The van der Waals surface area contributed by atoms with E-state index in [1.807, 2.05) is 13.8 Å². The van der Waals surface area contributed by atoms with Crippen LogP contribution in [0.1, 0.15) is 39.2 Å². The molecule has 8 heteroatoms. The van der Waals surface area contributed by atoms with Crippen LogP contribution in [0.25, 0.3) is 0 Å². The zero-order valence-corrected chi connectivity index (χ0v) is 13.5. The van der Waals surface area contributed by atoms with Crippen molar-refractivity contribution in [3.63, 3.8) is 0 Å². The maximum Gasteiger partial charge on any atom is 0.344 e. The minimum absolute atomic E-state index is 0.151. The second kappa shape index (κ2) is 6.65. The van der Waals surface area contributed by atoms with Crippen LogP contribution in [0.5, 0.6) is 0 Å². The van der Waals surface area contributed by atoms with Crippen LogP contribution in [0.2, 0.25) is 0 Å². The summed E-state index contributed by atoms with van der Waals surface area (Å²) in [6.45, 7) is 4.47. The maximum atomic E-state index is 11.9. The number of carbonyl (C=O) groups excluding carboxylic acids is 1. The zero-order valence-electron chi connectivity index (χ0n) is 12.6. The van der Waals surface area contributed by atoms with Crippen LogP contribution in [0, 0.1) is 0 Å². The van der Waals surface area contributed by atoms with Gasteiger partial charge in [0.1, 0.15) is 5.54 Å². The number of nitrogens with one attached hydrogen (secondary N) is 2. The highest BCUT2D eigenvalue weighted by molar-refractivity contribution is 7.99. The SMILES string of the molecule is CCNC(C)(CCSc1n[nH]c(=O)n1C1CC1)C(=O)OC. The average molecular weight is 314 g/mol. The van der Waals surface area contributed by atoms with E-state index in [4.69, 9.17) is 4.74 Å². The highest BCUT2D eigenvalue weighted by Crippen LogP contribution is 2.36. The number of esters is 1. The molecule has 1 aromatic heterocycles. The summed E-state index contributed by atoms with van der Waals surface area (Å²) in [6, 6.07) is 0.291. The van der Waals surface area contributed by atoms with E-state index in [-0.39, 0.29) is 11.7 Å². The Morgan fingerprint density at radius 1 is 1.62 bits per heavy atom. The molecule has 1 aliphatic rings. The molecule has 118 valence electrons. The van der Waals surface area contributed by atoms with Crippen molar-refractivity contribution in [2.45, 2.75) is 49.8 Å². The fourth-order valence-electron chi connectivity index (χ4n) is 2.27. The predicted octanol–water partition coefficient (Wildman–Crippen LogP) is 0.930. The van der Waals surface area contributed by atoms with Gasteiger partial charge in [-0.2, -0.15) is 0 Å². The molecular formula is C13H22N4O3S. The molecule has 1 fully saturated rings. The predicted molar refractivity (Wildman–Crippen MR) is 80.6 cm³/mol. The molecular weight excluding hydrogens is 292 g/mol. The first-order valence-electron chi connectivity index (χ1n) is 7.15. The lowest BCUT2D eigenvalue weighted by Gasteiger charge is -2.27. The zero-order chi connectivity index (χ0) is 15.5. The third-order valence-electron chi connectivity index (χ3n) is 3.62. The van der Waals surface area contributed by atoms with E-state index in [0.29, 0.717) is 29.9 Å². The Kier molecular flexibility index (Phi) is 5.10. The Morgan fingerprint density at radius 2 is 2.33 bits per heavy atom. The van der Waals surface area contributed by atoms with Crippen molar-refractivity contribution in [1.82, 2.24) is 20.1 Å². The second-order valence-electron chi connectivity index (χ2n) is 5.36. The van der Waals surface area contributed by atoms with Gasteiger partial charge in [-0.3, -0.25) is 9.36 Å². The summed E-state index contributed by atoms with van der Waals surface area (Å²) in [5, 5.41) is 10.4. The molecule has 1 atom stereocenters. The van der Waals surface area contributed by atoms with Gasteiger partial charge in [0.15, 0.2) is 5.16 Å². The van der Waals surface area contributed by atoms with E-state index in [1.165, 1.54) is 18.9 Å². The minimum Gasteiger partial charge on any atom is -0.468 e. The molecule has 21 heavy (non-hydrogen) atoms.